The van der Waals surface area contributed by atoms with E-state index in [-0.39, 0.29) is 11.8 Å². The number of aliphatic hydroxyl groups is 1. The number of benzene rings is 1. The number of nitrogens with zero attached hydrogens (tertiary/aromatic N) is 3. The van der Waals surface area contributed by atoms with Crippen molar-refractivity contribution in [2.24, 2.45) is 0 Å². The van der Waals surface area contributed by atoms with Gasteiger partial charge in [0.25, 0.3) is 5.69 Å². The van der Waals surface area contributed by atoms with Crippen LogP contribution in [0.4, 0.5) is 11.4 Å². The van der Waals surface area contributed by atoms with Crippen LogP contribution in [0.3, 0.4) is 0 Å². The minimum atomic E-state index is -0.404. The summed E-state index contributed by atoms with van der Waals surface area (Å²) in [6, 6.07) is 6.56. The van der Waals surface area contributed by atoms with Crippen LogP contribution in [0.15, 0.2) is 30.5 Å². The Balaban J connectivity index is 2.17. The number of aliphatic hydroxyl groups excluding tert-OH is 1. The Morgan fingerprint density at radius 2 is 2.17 bits per heavy atom. The smallest absolute Gasteiger partial charge is 0.278 e. The van der Waals surface area contributed by atoms with Crippen LogP contribution < -0.4 is 4.90 Å². The van der Waals surface area contributed by atoms with Crippen molar-refractivity contribution >= 4 is 22.3 Å². The molecule has 6 heteroatoms. The van der Waals surface area contributed by atoms with Crippen molar-refractivity contribution in [2.75, 3.05) is 18.0 Å². The fraction of sp³-hybridized carbons (Fsp3) is 0.250. The molecule has 0 spiro atoms. The van der Waals surface area contributed by atoms with E-state index in [1.54, 1.807) is 24.4 Å². The lowest BCUT2D eigenvalue weighted by Crippen LogP contribution is -2.50. The maximum absolute atomic E-state index is 11.0. The average molecular weight is 245 g/mol. The zero-order valence-electron chi connectivity index (χ0n) is 9.48. The van der Waals surface area contributed by atoms with Gasteiger partial charge in [-0.25, -0.2) is 0 Å². The molecule has 1 aliphatic heterocycles. The number of nitro benzene ring substituents is 1. The number of aromatic nitrogens is 1. The van der Waals surface area contributed by atoms with Crippen molar-refractivity contribution in [3.8, 4) is 0 Å². The van der Waals surface area contributed by atoms with Crippen molar-refractivity contribution in [3.05, 3.63) is 40.6 Å². The van der Waals surface area contributed by atoms with Gasteiger partial charge in [0.05, 0.1) is 22.1 Å². The predicted octanol–water partition coefficient (Wildman–Crippen LogP) is 1.32. The Kier molecular flexibility index (Phi) is 2.38. The van der Waals surface area contributed by atoms with Crippen LogP contribution in [0.2, 0.25) is 0 Å². The van der Waals surface area contributed by atoms with Gasteiger partial charge in [-0.05, 0) is 18.2 Å². The molecule has 0 unspecified atom stereocenters. The van der Waals surface area contributed by atoms with Gasteiger partial charge < -0.3 is 10.0 Å². The molecule has 0 amide bonds. The first kappa shape index (κ1) is 10.9. The number of rotatable bonds is 2. The Bertz CT molecular complexity index is 623. The quantitative estimate of drug-likeness (QED) is 0.637. The highest BCUT2D eigenvalue weighted by Gasteiger charge is 2.27. The van der Waals surface area contributed by atoms with E-state index in [1.165, 1.54) is 6.07 Å². The number of fused-ring (bicyclic) bond motifs is 1. The summed E-state index contributed by atoms with van der Waals surface area (Å²) in [4.78, 5) is 16.7. The van der Waals surface area contributed by atoms with Crippen LogP contribution in [0.25, 0.3) is 10.9 Å². The molecule has 1 aromatic carbocycles. The minimum absolute atomic E-state index is 0.0583. The van der Waals surface area contributed by atoms with Crippen molar-refractivity contribution in [2.45, 2.75) is 6.10 Å². The summed E-state index contributed by atoms with van der Waals surface area (Å²) in [6.07, 6.45) is 1.30. The van der Waals surface area contributed by atoms with E-state index in [2.05, 4.69) is 4.98 Å². The number of nitro groups is 1. The molecular formula is C12H11N3O3. The second kappa shape index (κ2) is 3.92. The van der Waals surface area contributed by atoms with Gasteiger partial charge in [0.1, 0.15) is 5.52 Å². The fourth-order valence-corrected chi connectivity index (χ4v) is 2.21. The highest BCUT2D eigenvalue weighted by molar-refractivity contribution is 5.97. The molecular weight excluding hydrogens is 234 g/mol. The maximum atomic E-state index is 11.0. The third kappa shape index (κ3) is 1.58. The largest absolute Gasteiger partial charge is 0.389 e. The zero-order chi connectivity index (χ0) is 12.7. The van der Waals surface area contributed by atoms with Crippen LogP contribution in [0.1, 0.15) is 0 Å². The molecule has 1 N–H and O–H groups in total. The molecule has 6 nitrogen and oxygen atoms in total. The summed E-state index contributed by atoms with van der Waals surface area (Å²) < 4.78 is 0. The maximum Gasteiger partial charge on any atom is 0.278 e. The molecule has 18 heavy (non-hydrogen) atoms. The number of pyridine rings is 1. The summed E-state index contributed by atoms with van der Waals surface area (Å²) in [5, 5.41) is 20.8. The summed E-state index contributed by atoms with van der Waals surface area (Å²) in [5.74, 6) is 0. The molecule has 0 aliphatic carbocycles. The van der Waals surface area contributed by atoms with Crippen molar-refractivity contribution in [3.63, 3.8) is 0 Å². The SMILES string of the molecule is O=[N+]([O-])c1ccc(N2CC(O)C2)c2ncccc12. The third-order valence-electron chi connectivity index (χ3n) is 3.13. The number of hydrogen-bond acceptors (Lipinski definition) is 5. The van der Waals surface area contributed by atoms with Crippen molar-refractivity contribution in [1.82, 2.24) is 4.98 Å². The Morgan fingerprint density at radius 3 is 2.83 bits per heavy atom. The lowest BCUT2D eigenvalue weighted by molar-refractivity contribution is -0.383. The number of non-ortho nitro benzene ring substituents is 1. The normalized spacial score (nSPS) is 15.7. The van der Waals surface area contributed by atoms with E-state index >= 15 is 0 Å². The molecule has 0 atom stereocenters. The lowest BCUT2D eigenvalue weighted by atomic mass is 10.1. The lowest BCUT2D eigenvalue weighted by Gasteiger charge is -2.38. The van der Waals surface area contributed by atoms with Crippen LogP contribution >= 0.6 is 0 Å². The second-order valence-electron chi connectivity index (χ2n) is 4.32. The van der Waals surface area contributed by atoms with Gasteiger partial charge in [0.15, 0.2) is 0 Å². The molecule has 0 radical (unpaired) electrons. The van der Waals surface area contributed by atoms with Gasteiger partial charge in [-0.2, -0.15) is 0 Å². The van der Waals surface area contributed by atoms with E-state index in [0.29, 0.717) is 24.0 Å². The summed E-state index contributed by atoms with van der Waals surface area (Å²) in [7, 11) is 0. The molecule has 2 aromatic rings. The highest BCUT2D eigenvalue weighted by Crippen LogP contribution is 2.33. The molecule has 2 heterocycles. The van der Waals surface area contributed by atoms with Gasteiger partial charge in [0.2, 0.25) is 0 Å². The topological polar surface area (TPSA) is 79.5 Å². The molecule has 1 saturated heterocycles. The molecule has 1 fully saturated rings. The van der Waals surface area contributed by atoms with Crippen LogP contribution in [-0.4, -0.2) is 34.2 Å². The van der Waals surface area contributed by atoms with E-state index < -0.39 is 4.92 Å². The Morgan fingerprint density at radius 1 is 1.39 bits per heavy atom. The van der Waals surface area contributed by atoms with E-state index in [9.17, 15) is 15.2 Å². The summed E-state index contributed by atoms with van der Waals surface area (Å²) in [6.45, 7) is 1.09. The molecule has 3 rings (SSSR count). The van der Waals surface area contributed by atoms with Gasteiger partial charge in [-0.3, -0.25) is 15.1 Å². The molecule has 0 saturated carbocycles. The number of β-amino-alcohol motifs (C(OH)–C–C–N with tert-alkyl or cyclic N) is 1. The Hall–Kier alpha value is -2.21. The number of hydrogen-bond donors (Lipinski definition) is 1. The minimum Gasteiger partial charge on any atom is -0.389 e. The van der Waals surface area contributed by atoms with Crippen molar-refractivity contribution in [1.29, 1.82) is 0 Å². The first-order valence-corrected chi connectivity index (χ1v) is 5.62. The molecule has 1 aliphatic rings. The van der Waals surface area contributed by atoms with E-state index in [1.807, 2.05) is 4.90 Å². The van der Waals surface area contributed by atoms with Crippen LogP contribution in [0, 0.1) is 10.1 Å². The first-order valence-electron chi connectivity index (χ1n) is 5.62. The second-order valence-corrected chi connectivity index (χ2v) is 4.32. The fourth-order valence-electron chi connectivity index (χ4n) is 2.21. The van der Waals surface area contributed by atoms with E-state index in [0.717, 1.165) is 5.69 Å². The van der Waals surface area contributed by atoms with Crippen molar-refractivity contribution < 1.29 is 10.0 Å². The summed E-state index contributed by atoms with van der Waals surface area (Å²) >= 11 is 0. The zero-order valence-corrected chi connectivity index (χ0v) is 9.48. The highest BCUT2D eigenvalue weighted by atomic mass is 16.6. The third-order valence-corrected chi connectivity index (χ3v) is 3.13. The van der Waals surface area contributed by atoms with Gasteiger partial charge in [0, 0.05) is 25.4 Å². The monoisotopic (exact) mass is 245 g/mol. The first-order chi connectivity index (χ1) is 8.66. The van der Waals surface area contributed by atoms with Gasteiger partial charge in [-0.1, -0.05) is 0 Å². The van der Waals surface area contributed by atoms with Crippen LogP contribution in [-0.2, 0) is 0 Å². The number of anilines is 1. The van der Waals surface area contributed by atoms with Gasteiger partial charge in [-0.15, -0.1) is 0 Å². The summed E-state index contributed by atoms with van der Waals surface area (Å²) in [5.41, 5.74) is 1.50. The van der Waals surface area contributed by atoms with Gasteiger partial charge >= 0.3 is 0 Å². The Labute approximate surface area is 103 Å². The predicted molar refractivity (Wildman–Crippen MR) is 66.6 cm³/mol. The molecule has 1 aromatic heterocycles. The van der Waals surface area contributed by atoms with Crippen LogP contribution in [0.5, 0.6) is 0 Å². The van der Waals surface area contributed by atoms with E-state index in [4.69, 9.17) is 0 Å². The average Bonchev–Trinajstić information content (AvgIpc) is 2.33. The molecule has 0 bridgehead atoms. The standard InChI is InChI=1S/C12H11N3O3/c16-8-6-14(7-8)11-4-3-10(15(17)18)9-2-1-5-13-12(9)11/h1-5,8,16H,6-7H2. The molecule has 92 valence electrons.